The zero-order valence-corrected chi connectivity index (χ0v) is 23.7. The standard InChI is InChI=1S/C25H30Cl2F3N3O4S/c1-5-16(3)31-24(35)22(6-2)32(14-19-20(26)11-8-12-21(19)27)23(34)15-33(38(4,36)37)18-10-7-9-17(13-18)25(28,29)30/h7-13,16,22H,5-6,14-15H2,1-4H3,(H,31,35)/t16-,22+/m0/s1. The molecule has 0 saturated heterocycles. The van der Waals surface area contributed by atoms with Crippen molar-refractivity contribution in [1.29, 1.82) is 0 Å². The Morgan fingerprint density at radius 1 is 1.03 bits per heavy atom. The van der Waals surface area contributed by atoms with Crippen LogP contribution >= 0.6 is 23.2 Å². The molecule has 0 spiro atoms. The van der Waals surface area contributed by atoms with Crippen LogP contribution in [0.15, 0.2) is 42.5 Å². The fraction of sp³-hybridized carbons (Fsp3) is 0.440. The van der Waals surface area contributed by atoms with Gasteiger partial charge in [-0.3, -0.25) is 13.9 Å². The van der Waals surface area contributed by atoms with E-state index in [4.69, 9.17) is 23.2 Å². The highest BCUT2D eigenvalue weighted by Crippen LogP contribution is 2.32. The molecule has 7 nitrogen and oxygen atoms in total. The fourth-order valence-electron chi connectivity index (χ4n) is 3.67. The van der Waals surface area contributed by atoms with Gasteiger partial charge in [0.25, 0.3) is 0 Å². The molecule has 2 rings (SSSR count). The molecular weight excluding hydrogens is 566 g/mol. The second kappa shape index (κ2) is 13.0. The Bertz CT molecular complexity index is 1240. The van der Waals surface area contributed by atoms with Gasteiger partial charge < -0.3 is 10.2 Å². The van der Waals surface area contributed by atoms with Crippen LogP contribution in [0.4, 0.5) is 18.9 Å². The summed E-state index contributed by atoms with van der Waals surface area (Å²) in [4.78, 5) is 28.0. The first kappa shape index (κ1) is 31.7. The van der Waals surface area contributed by atoms with Crippen LogP contribution in [0.2, 0.25) is 10.0 Å². The number of nitrogens with one attached hydrogen (secondary N) is 1. The minimum Gasteiger partial charge on any atom is -0.352 e. The van der Waals surface area contributed by atoms with Crippen molar-refractivity contribution in [2.75, 3.05) is 17.1 Å². The van der Waals surface area contributed by atoms with Crippen molar-refractivity contribution in [1.82, 2.24) is 10.2 Å². The maximum Gasteiger partial charge on any atom is 0.416 e. The van der Waals surface area contributed by atoms with Crippen molar-refractivity contribution in [3.63, 3.8) is 0 Å². The smallest absolute Gasteiger partial charge is 0.352 e. The van der Waals surface area contributed by atoms with E-state index in [0.717, 1.165) is 29.4 Å². The molecule has 0 saturated carbocycles. The first-order valence-corrected chi connectivity index (χ1v) is 14.4. The predicted octanol–water partition coefficient (Wildman–Crippen LogP) is 5.50. The van der Waals surface area contributed by atoms with Gasteiger partial charge >= 0.3 is 6.18 Å². The normalized spacial score (nSPS) is 13.5. The van der Waals surface area contributed by atoms with E-state index < -0.39 is 46.2 Å². The number of alkyl halides is 3. The summed E-state index contributed by atoms with van der Waals surface area (Å²) in [5, 5.41) is 3.27. The van der Waals surface area contributed by atoms with Gasteiger partial charge in [0.05, 0.1) is 17.5 Å². The summed E-state index contributed by atoms with van der Waals surface area (Å²) in [6.45, 7) is 4.26. The lowest BCUT2D eigenvalue weighted by molar-refractivity contribution is -0.140. The van der Waals surface area contributed by atoms with E-state index in [1.165, 1.54) is 0 Å². The largest absolute Gasteiger partial charge is 0.416 e. The number of hydrogen-bond donors (Lipinski definition) is 1. The quantitative estimate of drug-likeness (QED) is 0.371. The number of carbonyl (C=O) groups is 2. The molecule has 0 aliphatic heterocycles. The summed E-state index contributed by atoms with van der Waals surface area (Å²) in [5.41, 5.74) is -1.08. The Balaban J connectivity index is 2.55. The molecule has 2 amide bonds. The third kappa shape index (κ3) is 8.25. The second-order valence-corrected chi connectivity index (χ2v) is 11.5. The summed E-state index contributed by atoms with van der Waals surface area (Å²) in [5.74, 6) is -1.29. The maximum absolute atomic E-state index is 13.7. The van der Waals surface area contributed by atoms with E-state index in [0.29, 0.717) is 22.4 Å². The van der Waals surface area contributed by atoms with Crippen LogP contribution in [-0.4, -0.2) is 50.0 Å². The molecule has 2 atom stereocenters. The van der Waals surface area contributed by atoms with Gasteiger partial charge in [-0.2, -0.15) is 13.2 Å². The van der Waals surface area contributed by atoms with Gasteiger partial charge in [-0.1, -0.05) is 49.2 Å². The van der Waals surface area contributed by atoms with Crippen molar-refractivity contribution >= 4 is 50.7 Å². The average molecular weight is 596 g/mol. The molecule has 0 radical (unpaired) electrons. The van der Waals surface area contributed by atoms with Crippen LogP contribution in [0.3, 0.4) is 0 Å². The van der Waals surface area contributed by atoms with E-state index in [1.807, 2.05) is 6.92 Å². The molecule has 0 aromatic heterocycles. The Labute approximate surface area is 230 Å². The summed E-state index contributed by atoms with van der Waals surface area (Å²) >= 11 is 12.6. The summed E-state index contributed by atoms with van der Waals surface area (Å²) in [7, 11) is -4.21. The molecule has 2 aromatic carbocycles. The molecule has 0 unspecified atom stereocenters. The molecule has 210 valence electrons. The van der Waals surface area contributed by atoms with Gasteiger partial charge in [0.1, 0.15) is 12.6 Å². The van der Waals surface area contributed by atoms with Gasteiger partial charge in [-0.05, 0) is 50.1 Å². The lowest BCUT2D eigenvalue weighted by Crippen LogP contribution is -2.53. The Kier molecular flexibility index (Phi) is 10.9. The van der Waals surface area contributed by atoms with Gasteiger partial charge in [-0.15, -0.1) is 0 Å². The van der Waals surface area contributed by atoms with E-state index >= 15 is 0 Å². The number of benzene rings is 2. The molecule has 1 N–H and O–H groups in total. The molecule has 0 aliphatic rings. The highest BCUT2D eigenvalue weighted by Gasteiger charge is 2.35. The third-order valence-corrected chi connectivity index (χ3v) is 7.77. The SMILES string of the molecule is CC[C@H](C(=O)N[C@@H](C)CC)N(Cc1c(Cl)cccc1Cl)C(=O)CN(c1cccc(C(F)(F)F)c1)S(C)(=O)=O. The Morgan fingerprint density at radius 2 is 1.61 bits per heavy atom. The maximum atomic E-state index is 13.7. The van der Waals surface area contributed by atoms with E-state index in [2.05, 4.69) is 5.32 Å². The topological polar surface area (TPSA) is 86.8 Å². The Hall–Kier alpha value is -2.50. The van der Waals surface area contributed by atoms with Crippen molar-refractivity contribution in [2.45, 2.75) is 58.4 Å². The molecule has 0 aliphatic carbocycles. The lowest BCUT2D eigenvalue weighted by Gasteiger charge is -2.33. The zero-order chi connectivity index (χ0) is 28.8. The van der Waals surface area contributed by atoms with Crippen LogP contribution in [-0.2, 0) is 32.3 Å². The highest BCUT2D eigenvalue weighted by atomic mass is 35.5. The third-order valence-electron chi connectivity index (χ3n) is 5.92. The van der Waals surface area contributed by atoms with Crippen LogP contribution in [0.25, 0.3) is 0 Å². The van der Waals surface area contributed by atoms with Crippen molar-refractivity contribution in [2.24, 2.45) is 0 Å². The number of carbonyl (C=O) groups excluding carboxylic acids is 2. The molecule has 0 fully saturated rings. The molecule has 38 heavy (non-hydrogen) atoms. The molecule has 2 aromatic rings. The monoisotopic (exact) mass is 595 g/mol. The molecule has 0 bridgehead atoms. The number of nitrogens with zero attached hydrogens (tertiary/aromatic N) is 2. The number of halogens is 5. The number of sulfonamides is 1. The summed E-state index contributed by atoms with van der Waals surface area (Å²) < 4.78 is 65.7. The second-order valence-electron chi connectivity index (χ2n) is 8.78. The average Bonchev–Trinajstić information content (AvgIpc) is 2.82. The minimum absolute atomic E-state index is 0.165. The first-order valence-electron chi connectivity index (χ1n) is 11.8. The highest BCUT2D eigenvalue weighted by molar-refractivity contribution is 7.92. The van der Waals surface area contributed by atoms with Crippen LogP contribution in [0.5, 0.6) is 0 Å². The first-order chi connectivity index (χ1) is 17.6. The van der Waals surface area contributed by atoms with E-state index in [-0.39, 0.29) is 34.7 Å². The number of anilines is 1. The van der Waals surface area contributed by atoms with Crippen molar-refractivity contribution in [3.8, 4) is 0 Å². The van der Waals surface area contributed by atoms with E-state index in [1.54, 1.807) is 32.0 Å². The molecule has 0 heterocycles. The van der Waals surface area contributed by atoms with Gasteiger partial charge in [0, 0.05) is 28.2 Å². The lowest BCUT2D eigenvalue weighted by atomic mass is 10.1. The van der Waals surface area contributed by atoms with Gasteiger partial charge in [-0.25, -0.2) is 8.42 Å². The molecular formula is C25H30Cl2F3N3O4S. The van der Waals surface area contributed by atoms with Crippen LogP contribution < -0.4 is 9.62 Å². The van der Waals surface area contributed by atoms with Gasteiger partial charge in [0.2, 0.25) is 21.8 Å². The fourth-order valence-corrected chi connectivity index (χ4v) is 5.02. The number of hydrogen-bond acceptors (Lipinski definition) is 4. The van der Waals surface area contributed by atoms with Crippen LogP contribution in [0, 0.1) is 0 Å². The van der Waals surface area contributed by atoms with Crippen molar-refractivity contribution in [3.05, 3.63) is 63.6 Å². The number of amides is 2. The zero-order valence-electron chi connectivity index (χ0n) is 21.4. The summed E-state index contributed by atoms with van der Waals surface area (Å²) in [6.07, 6.45) is -3.15. The van der Waals surface area contributed by atoms with E-state index in [9.17, 15) is 31.2 Å². The van der Waals surface area contributed by atoms with Crippen molar-refractivity contribution < 1.29 is 31.2 Å². The Morgan fingerprint density at radius 3 is 2.11 bits per heavy atom. The predicted molar refractivity (Wildman–Crippen MR) is 143 cm³/mol. The van der Waals surface area contributed by atoms with Gasteiger partial charge in [0.15, 0.2) is 0 Å². The van der Waals surface area contributed by atoms with Crippen LogP contribution in [0.1, 0.15) is 44.7 Å². The molecule has 13 heteroatoms. The minimum atomic E-state index is -4.72. The summed E-state index contributed by atoms with van der Waals surface area (Å²) in [6, 6.07) is 7.13. The number of rotatable bonds is 11.